The minimum Gasteiger partial charge on any atom is -0.507 e. The summed E-state index contributed by atoms with van der Waals surface area (Å²) in [5.41, 5.74) is 3.48. The van der Waals surface area contributed by atoms with Crippen LogP contribution in [0, 0.1) is 0 Å². The molecular formula is C21H22N2O3. The van der Waals surface area contributed by atoms with E-state index in [9.17, 15) is 15.0 Å². The van der Waals surface area contributed by atoms with Gasteiger partial charge in [0.1, 0.15) is 11.5 Å². The lowest BCUT2D eigenvalue weighted by Gasteiger charge is -2.31. The van der Waals surface area contributed by atoms with Crippen LogP contribution in [0.4, 0.5) is 5.69 Å². The number of nitrogens with one attached hydrogen (secondary N) is 1. The summed E-state index contributed by atoms with van der Waals surface area (Å²) in [6.07, 6.45) is 3.14. The number of phenols is 2. The molecule has 0 amide bonds. The highest BCUT2D eigenvalue weighted by Crippen LogP contribution is 2.46. The van der Waals surface area contributed by atoms with Gasteiger partial charge in [0.25, 0.3) is 0 Å². The van der Waals surface area contributed by atoms with E-state index in [2.05, 4.69) is 16.3 Å². The van der Waals surface area contributed by atoms with Gasteiger partial charge in [-0.3, -0.25) is 4.79 Å². The van der Waals surface area contributed by atoms with Crippen LogP contribution in [0.1, 0.15) is 40.4 Å². The number of carbonyl (C=O) groups excluding carboxylic acids is 1. The van der Waals surface area contributed by atoms with Gasteiger partial charge in [0.05, 0.1) is 17.3 Å². The Bertz CT molecular complexity index is 890. The molecule has 5 heteroatoms. The van der Waals surface area contributed by atoms with E-state index in [1.165, 1.54) is 6.07 Å². The van der Waals surface area contributed by atoms with Gasteiger partial charge in [-0.25, -0.2) is 0 Å². The number of rotatable bonds is 2. The van der Waals surface area contributed by atoms with Crippen LogP contribution in [-0.4, -0.2) is 41.0 Å². The summed E-state index contributed by atoms with van der Waals surface area (Å²) in [5.74, 6) is -0.273. The number of Topliss-reactive ketones (excluding diaryl/α,β-unsaturated/α-hetero) is 1. The molecule has 0 spiro atoms. The Labute approximate surface area is 152 Å². The molecule has 0 aliphatic carbocycles. The molecule has 2 heterocycles. The molecule has 3 N–H and O–H groups in total. The highest BCUT2D eigenvalue weighted by Gasteiger charge is 2.32. The van der Waals surface area contributed by atoms with E-state index in [1.807, 2.05) is 37.4 Å². The lowest BCUT2D eigenvalue weighted by Crippen LogP contribution is -2.26. The van der Waals surface area contributed by atoms with Crippen molar-refractivity contribution >= 4 is 17.0 Å². The van der Waals surface area contributed by atoms with Crippen molar-refractivity contribution in [2.75, 3.05) is 25.5 Å². The molecule has 2 aromatic rings. The summed E-state index contributed by atoms with van der Waals surface area (Å²) in [7, 11) is 2.05. The molecule has 2 aliphatic heterocycles. The lowest BCUT2D eigenvalue weighted by molar-refractivity contribution is 0.0969. The minimum atomic E-state index is -0.178. The summed E-state index contributed by atoms with van der Waals surface area (Å²) in [6.45, 7) is 1.68. The van der Waals surface area contributed by atoms with Gasteiger partial charge in [-0.1, -0.05) is 36.4 Å². The predicted octanol–water partition coefficient (Wildman–Crippen LogP) is 3.56. The molecule has 4 rings (SSSR count). The van der Waals surface area contributed by atoms with Crippen LogP contribution >= 0.6 is 0 Å². The van der Waals surface area contributed by atoms with E-state index in [-0.39, 0.29) is 35.3 Å². The van der Waals surface area contributed by atoms with E-state index in [0.717, 1.165) is 30.6 Å². The zero-order chi connectivity index (χ0) is 18.3. The monoisotopic (exact) mass is 350 g/mol. The maximum absolute atomic E-state index is 12.8. The average Bonchev–Trinajstić information content (AvgIpc) is 2.63. The van der Waals surface area contributed by atoms with Crippen molar-refractivity contribution in [3.05, 3.63) is 59.2 Å². The molecule has 134 valence electrons. The van der Waals surface area contributed by atoms with E-state index < -0.39 is 0 Å². The number of ketones is 1. The minimum absolute atomic E-state index is 0.00562. The Morgan fingerprint density at radius 2 is 1.85 bits per heavy atom. The molecule has 2 aliphatic rings. The first-order valence-corrected chi connectivity index (χ1v) is 8.86. The number of aromatic hydroxyl groups is 2. The van der Waals surface area contributed by atoms with Crippen LogP contribution in [0.2, 0.25) is 0 Å². The quantitative estimate of drug-likeness (QED) is 0.772. The van der Waals surface area contributed by atoms with Crippen molar-refractivity contribution in [2.24, 2.45) is 0 Å². The second-order valence-corrected chi connectivity index (χ2v) is 7.02. The Morgan fingerprint density at radius 1 is 1.12 bits per heavy atom. The first kappa shape index (κ1) is 16.7. The number of phenolic OH excluding ortho intramolecular Hbond substituents is 2. The van der Waals surface area contributed by atoms with Crippen LogP contribution < -0.4 is 5.32 Å². The Hall–Kier alpha value is -2.79. The van der Waals surface area contributed by atoms with Gasteiger partial charge in [-0.15, -0.1) is 0 Å². The van der Waals surface area contributed by atoms with Crippen molar-refractivity contribution in [3.63, 3.8) is 0 Å². The summed E-state index contributed by atoms with van der Waals surface area (Å²) in [4.78, 5) is 15.0. The largest absolute Gasteiger partial charge is 0.507 e. The lowest BCUT2D eigenvalue weighted by atomic mass is 9.86. The molecule has 2 aromatic carbocycles. The van der Waals surface area contributed by atoms with Gasteiger partial charge in [-0.05, 0) is 24.6 Å². The summed E-state index contributed by atoms with van der Waals surface area (Å²) >= 11 is 0. The molecule has 0 aromatic heterocycles. The van der Waals surface area contributed by atoms with Gasteiger partial charge in [-0.2, -0.15) is 0 Å². The highest BCUT2D eigenvalue weighted by molar-refractivity contribution is 6.09. The number of anilines is 1. The Morgan fingerprint density at radius 3 is 2.54 bits per heavy atom. The fourth-order valence-corrected chi connectivity index (χ4v) is 3.80. The van der Waals surface area contributed by atoms with Gasteiger partial charge in [0, 0.05) is 31.1 Å². The SMILES string of the molecule is CN1CC=C(c2c(O)cc(O)c3c2NC(c2ccccc2)CC3=O)CC1. The zero-order valence-corrected chi connectivity index (χ0v) is 14.7. The fraction of sp³-hybridized carbons (Fsp3) is 0.286. The van der Waals surface area contributed by atoms with Crippen LogP contribution in [-0.2, 0) is 0 Å². The molecule has 1 unspecified atom stereocenters. The van der Waals surface area contributed by atoms with Crippen molar-refractivity contribution in [3.8, 4) is 11.5 Å². The Kier molecular flexibility index (Phi) is 4.17. The van der Waals surface area contributed by atoms with Crippen molar-refractivity contribution in [1.29, 1.82) is 0 Å². The third-order valence-electron chi connectivity index (χ3n) is 5.21. The number of hydrogen-bond donors (Lipinski definition) is 3. The molecule has 0 fully saturated rings. The number of nitrogens with zero attached hydrogens (tertiary/aromatic N) is 1. The highest BCUT2D eigenvalue weighted by atomic mass is 16.3. The summed E-state index contributed by atoms with van der Waals surface area (Å²) < 4.78 is 0. The van der Waals surface area contributed by atoms with Gasteiger partial charge in [0.2, 0.25) is 0 Å². The summed E-state index contributed by atoms with van der Waals surface area (Å²) in [6, 6.07) is 10.9. The van der Waals surface area contributed by atoms with E-state index in [4.69, 9.17) is 0 Å². The maximum atomic E-state index is 12.8. The molecule has 26 heavy (non-hydrogen) atoms. The fourth-order valence-electron chi connectivity index (χ4n) is 3.80. The van der Waals surface area contributed by atoms with E-state index >= 15 is 0 Å². The molecule has 0 saturated carbocycles. The molecule has 0 bridgehead atoms. The molecule has 5 nitrogen and oxygen atoms in total. The van der Waals surface area contributed by atoms with E-state index in [1.54, 1.807) is 0 Å². The first-order valence-electron chi connectivity index (χ1n) is 8.86. The van der Waals surface area contributed by atoms with Gasteiger partial charge in [0.15, 0.2) is 5.78 Å². The number of carbonyl (C=O) groups is 1. The van der Waals surface area contributed by atoms with Crippen LogP contribution in [0.5, 0.6) is 11.5 Å². The number of likely N-dealkylation sites (N-methyl/N-ethyl adjacent to an activating group) is 1. The second-order valence-electron chi connectivity index (χ2n) is 7.02. The normalized spacial score (nSPS) is 20.3. The van der Waals surface area contributed by atoms with Gasteiger partial charge >= 0.3 is 0 Å². The smallest absolute Gasteiger partial charge is 0.171 e. The number of hydrogen-bond acceptors (Lipinski definition) is 5. The Balaban J connectivity index is 1.83. The van der Waals surface area contributed by atoms with Gasteiger partial charge < -0.3 is 20.4 Å². The number of benzene rings is 2. The van der Waals surface area contributed by atoms with Crippen LogP contribution in [0.3, 0.4) is 0 Å². The molecule has 0 saturated heterocycles. The maximum Gasteiger partial charge on any atom is 0.171 e. The third-order valence-corrected chi connectivity index (χ3v) is 5.21. The van der Waals surface area contributed by atoms with Crippen LogP contribution in [0.25, 0.3) is 5.57 Å². The average molecular weight is 350 g/mol. The molecule has 1 atom stereocenters. The molecular weight excluding hydrogens is 328 g/mol. The molecule has 0 radical (unpaired) electrons. The van der Waals surface area contributed by atoms with Crippen molar-refractivity contribution in [2.45, 2.75) is 18.9 Å². The topological polar surface area (TPSA) is 72.8 Å². The predicted molar refractivity (Wildman–Crippen MR) is 102 cm³/mol. The number of fused-ring (bicyclic) bond motifs is 1. The summed E-state index contributed by atoms with van der Waals surface area (Å²) in [5, 5.41) is 24.2. The third kappa shape index (κ3) is 2.84. The van der Waals surface area contributed by atoms with Crippen LogP contribution in [0.15, 0.2) is 42.5 Å². The zero-order valence-electron chi connectivity index (χ0n) is 14.7. The first-order chi connectivity index (χ1) is 12.5. The standard InChI is InChI=1S/C21H22N2O3/c1-23-9-7-14(8-10-23)19-17(25)12-18(26)20-16(24)11-15(22-21(19)20)13-5-3-2-4-6-13/h2-7,12,15,22,25-26H,8-11H2,1H3. The van der Waals surface area contributed by atoms with Crippen molar-refractivity contribution < 1.29 is 15.0 Å². The van der Waals surface area contributed by atoms with Crippen molar-refractivity contribution in [1.82, 2.24) is 4.90 Å². The second kappa shape index (κ2) is 6.50. The van der Waals surface area contributed by atoms with E-state index in [0.29, 0.717) is 11.3 Å².